The molecule has 0 unspecified atom stereocenters. The number of anilines is 1. The maximum Gasteiger partial charge on any atom is 0.122 e. The van der Waals surface area contributed by atoms with Gasteiger partial charge in [-0.15, -0.1) is 0 Å². The largest absolute Gasteiger partial charge is 0.491 e. The van der Waals surface area contributed by atoms with Crippen LogP contribution in [0.3, 0.4) is 0 Å². The van der Waals surface area contributed by atoms with Crippen LogP contribution in [0.5, 0.6) is 5.75 Å². The van der Waals surface area contributed by atoms with E-state index in [0.717, 1.165) is 22.5 Å². The number of rotatable bonds is 5. The quantitative estimate of drug-likeness (QED) is 0.816. The van der Waals surface area contributed by atoms with Crippen LogP contribution in [0.4, 0.5) is 5.69 Å². The first-order valence-electron chi connectivity index (χ1n) is 6.35. The van der Waals surface area contributed by atoms with Crippen LogP contribution in [0.1, 0.15) is 11.1 Å². The standard InChI is InChI=1S/C16H18BrNO/c1-12-7-8-13(2)16(11-12)19-10-9-18-15-6-4-3-5-14(15)17/h3-8,11,18H,9-10H2,1-2H3. The van der Waals surface area contributed by atoms with E-state index in [0.29, 0.717) is 6.61 Å². The average Bonchev–Trinajstić information content (AvgIpc) is 2.40. The predicted molar refractivity (Wildman–Crippen MR) is 84.0 cm³/mol. The van der Waals surface area contributed by atoms with Crippen LogP contribution in [-0.4, -0.2) is 13.2 Å². The maximum absolute atomic E-state index is 5.80. The topological polar surface area (TPSA) is 21.3 Å². The highest BCUT2D eigenvalue weighted by Crippen LogP contribution is 2.21. The van der Waals surface area contributed by atoms with Crippen LogP contribution < -0.4 is 10.1 Å². The van der Waals surface area contributed by atoms with Crippen molar-refractivity contribution in [1.29, 1.82) is 0 Å². The van der Waals surface area contributed by atoms with Crippen LogP contribution in [0.2, 0.25) is 0 Å². The number of benzene rings is 2. The van der Waals surface area contributed by atoms with Crippen LogP contribution in [0.25, 0.3) is 0 Å². The van der Waals surface area contributed by atoms with E-state index in [9.17, 15) is 0 Å². The lowest BCUT2D eigenvalue weighted by Crippen LogP contribution is -2.12. The Hall–Kier alpha value is -1.48. The van der Waals surface area contributed by atoms with Crippen molar-refractivity contribution in [1.82, 2.24) is 0 Å². The molecule has 0 heterocycles. The molecular weight excluding hydrogens is 302 g/mol. The second-order valence-electron chi connectivity index (χ2n) is 4.52. The molecule has 100 valence electrons. The van der Waals surface area contributed by atoms with Crippen LogP contribution in [-0.2, 0) is 0 Å². The summed E-state index contributed by atoms with van der Waals surface area (Å²) >= 11 is 3.51. The van der Waals surface area contributed by atoms with Gasteiger partial charge in [-0.05, 0) is 59.1 Å². The Morgan fingerprint density at radius 3 is 2.68 bits per heavy atom. The van der Waals surface area contributed by atoms with Crippen LogP contribution in [0, 0.1) is 13.8 Å². The third-order valence-corrected chi connectivity index (χ3v) is 3.58. The molecule has 3 heteroatoms. The molecule has 0 saturated heterocycles. The Balaban J connectivity index is 1.84. The van der Waals surface area contributed by atoms with Crippen LogP contribution in [0.15, 0.2) is 46.9 Å². The summed E-state index contributed by atoms with van der Waals surface area (Å²) in [6, 6.07) is 14.3. The second-order valence-corrected chi connectivity index (χ2v) is 5.38. The lowest BCUT2D eigenvalue weighted by Gasteiger charge is -2.12. The van der Waals surface area contributed by atoms with Crippen molar-refractivity contribution in [2.75, 3.05) is 18.5 Å². The summed E-state index contributed by atoms with van der Waals surface area (Å²) in [5.41, 5.74) is 3.48. The molecule has 0 aromatic heterocycles. The Bertz CT molecular complexity index is 554. The summed E-state index contributed by atoms with van der Waals surface area (Å²) in [4.78, 5) is 0. The minimum Gasteiger partial charge on any atom is -0.491 e. The van der Waals surface area contributed by atoms with Crippen molar-refractivity contribution in [3.05, 3.63) is 58.1 Å². The summed E-state index contributed by atoms with van der Waals surface area (Å²) < 4.78 is 6.87. The van der Waals surface area contributed by atoms with Crippen molar-refractivity contribution >= 4 is 21.6 Å². The molecule has 19 heavy (non-hydrogen) atoms. The highest BCUT2D eigenvalue weighted by molar-refractivity contribution is 9.10. The Labute approximate surface area is 122 Å². The SMILES string of the molecule is Cc1ccc(C)c(OCCNc2ccccc2Br)c1. The lowest BCUT2D eigenvalue weighted by molar-refractivity contribution is 0.330. The summed E-state index contributed by atoms with van der Waals surface area (Å²) in [6.45, 7) is 5.56. The zero-order chi connectivity index (χ0) is 13.7. The Kier molecular flexibility index (Phi) is 4.86. The molecule has 0 bridgehead atoms. The number of hydrogen-bond acceptors (Lipinski definition) is 2. The molecule has 2 rings (SSSR count). The van der Waals surface area contributed by atoms with Crippen molar-refractivity contribution in [3.63, 3.8) is 0 Å². The van der Waals surface area contributed by atoms with E-state index in [1.807, 2.05) is 24.3 Å². The second kappa shape index (κ2) is 6.62. The van der Waals surface area contributed by atoms with Gasteiger partial charge in [-0.1, -0.05) is 24.3 Å². The van der Waals surface area contributed by atoms with E-state index < -0.39 is 0 Å². The molecule has 0 amide bonds. The van der Waals surface area contributed by atoms with E-state index in [4.69, 9.17) is 4.74 Å². The molecule has 0 radical (unpaired) electrons. The van der Waals surface area contributed by atoms with Gasteiger partial charge in [0.2, 0.25) is 0 Å². The summed E-state index contributed by atoms with van der Waals surface area (Å²) in [7, 11) is 0. The van der Waals surface area contributed by atoms with Crippen molar-refractivity contribution < 1.29 is 4.74 Å². The van der Waals surface area contributed by atoms with Gasteiger partial charge >= 0.3 is 0 Å². The van der Waals surface area contributed by atoms with E-state index >= 15 is 0 Å². The third-order valence-electron chi connectivity index (χ3n) is 2.89. The normalized spacial score (nSPS) is 10.3. The molecule has 0 aliphatic rings. The van der Waals surface area contributed by atoms with Crippen LogP contribution >= 0.6 is 15.9 Å². The molecule has 1 N–H and O–H groups in total. The zero-order valence-corrected chi connectivity index (χ0v) is 12.8. The fourth-order valence-electron chi connectivity index (χ4n) is 1.81. The Morgan fingerprint density at radius 1 is 1.11 bits per heavy atom. The lowest BCUT2D eigenvalue weighted by atomic mass is 10.1. The minimum atomic E-state index is 0.644. The van der Waals surface area contributed by atoms with Gasteiger partial charge in [-0.25, -0.2) is 0 Å². The zero-order valence-electron chi connectivity index (χ0n) is 11.2. The van der Waals surface area contributed by atoms with E-state index in [1.165, 1.54) is 11.1 Å². The monoisotopic (exact) mass is 319 g/mol. The van der Waals surface area contributed by atoms with E-state index in [2.05, 4.69) is 53.3 Å². The summed E-state index contributed by atoms with van der Waals surface area (Å²) in [5, 5.41) is 3.35. The maximum atomic E-state index is 5.80. The molecule has 0 saturated carbocycles. The molecule has 0 aliphatic carbocycles. The molecule has 0 spiro atoms. The third kappa shape index (κ3) is 4.00. The first kappa shape index (κ1) is 13.9. The fourth-order valence-corrected chi connectivity index (χ4v) is 2.24. The summed E-state index contributed by atoms with van der Waals surface area (Å²) in [5.74, 6) is 0.967. The molecule has 0 fully saturated rings. The highest BCUT2D eigenvalue weighted by Gasteiger charge is 2.00. The van der Waals surface area contributed by atoms with E-state index in [-0.39, 0.29) is 0 Å². The minimum absolute atomic E-state index is 0.644. The van der Waals surface area contributed by atoms with Gasteiger partial charge in [0.25, 0.3) is 0 Å². The van der Waals surface area contributed by atoms with Gasteiger partial charge < -0.3 is 10.1 Å². The van der Waals surface area contributed by atoms with Gasteiger partial charge in [0.15, 0.2) is 0 Å². The number of nitrogens with one attached hydrogen (secondary N) is 1. The van der Waals surface area contributed by atoms with Gasteiger partial charge in [0, 0.05) is 16.7 Å². The molecule has 2 nitrogen and oxygen atoms in total. The van der Waals surface area contributed by atoms with Crippen molar-refractivity contribution in [2.45, 2.75) is 13.8 Å². The average molecular weight is 320 g/mol. The van der Waals surface area contributed by atoms with Crippen molar-refractivity contribution in [2.24, 2.45) is 0 Å². The van der Waals surface area contributed by atoms with Crippen molar-refractivity contribution in [3.8, 4) is 5.75 Å². The number of aryl methyl sites for hydroxylation is 2. The van der Waals surface area contributed by atoms with Gasteiger partial charge in [0.1, 0.15) is 12.4 Å². The number of ether oxygens (including phenoxy) is 1. The molecule has 0 aliphatic heterocycles. The number of para-hydroxylation sites is 1. The number of halogens is 1. The smallest absolute Gasteiger partial charge is 0.122 e. The first-order valence-corrected chi connectivity index (χ1v) is 7.14. The number of hydrogen-bond donors (Lipinski definition) is 1. The van der Waals surface area contributed by atoms with Gasteiger partial charge in [-0.2, -0.15) is 0 Å². The fraction of sp³-hybridized carbons (Fsp3) is 0.250. The first-order chi connectivity index (χ1) is 9.16. The van der Waals surface area contributed by atoms with Gasteiger partial charge in [-0.3, -0.25) is 0 Å². The predicted octanol–water partition coefficient (Wildman–Crippen LogP) is 4.56. The van der Waals surface area contributed by atoms with Gasteiger partial charge in [0.05, 0.1) is 0 Å². The Morgan fingerprint density at radius 2 is 1.89 bits per heavy atom. The highest BCUT2D eigenvalue weighted by atomic mass is 79.9. The molecule has 0 atom stereocenters. The molecular formula is C16H18BrNO. The molecule has 2 aromatic carbocycles. The molecule has 2 aromatic rings. The van der Waals surface area contributed by atoms with E-state index in [1.54, 1.807) is 0 Å². The summed E-state index contributed by atoms with van der Waals surface area (Å²) in [6.07, 6.45) is 0.